The maximum Gasteiger partial charge on any atom is 0.165 e. The molecular weight excluding hydrogens is 214 g/mol. The number of hydrogen-bond donors (Lipinski definition) is 0. The Morgan fingerprint density at radius 3 is 2.65 bits per heavy atom. The topological polar surface area (TPSA) is 47.0 Å². The summed E-state index contributed by atoms with van der Waals surface area (Å²) >= 11 is 0. The Kier molecular flexibility index (Phi) is 3.28. The molecular formula is C14H13NO2. The first-order valence-electron chi connectivity index (χ1n) is 5.54. The van der Waals surface area contributed by atoms with Crippen LogP contribution in [-0.2, 0) is 4.79 Å². The van der Waals surface area contributed by atoms with Crippen LogP contribution in [-0.4, -0.2) is 16.6 Å². The van der Waals surface area contributed by atoms with Crippen LogP contribution in [0, 0.1) is 0 Å². The number of carbonyl (C=O) groups is 2. The first kappa shape index (κ1) is 11.5. The zero-order chi connectivity index (χ0) is 12.3. The number of rotatable bonds is 4. The summed E-state index contributed by atoms with van der Waals surface area (Å²) in [5, 5.41) is 1.84. The minimum atomic E-state index is -0.0236. The van der Waals surface area contributed by atoms with Crippen molar-refractivity contribution in [3.05, 3.63) is 42.2 Å². The van der Waals surface area contributed by atoms with E-state index in [1.165, 1.54) is 6.92 Å². The number of hydrogen-bond acceptors (Lipinski definition) is 3. The summed E-state index contributed by atoms with van der Waals surface area (Å²) in [5.74, 6) is 0.0102. The van der Waals surface area contributed by atoms with E-state index >= 15 is 0 Å². The molecule has 1 aromatic heterocycles. The molecule has 1 aromatic carbocycles. The quantitative estimate of drug-likeness (QED) is 0.754. The predicted molar refractivity (Wildman–Crippen MR) is 66.0 cm³/mol. The van der Waals surface area contributed by atoms with Gasteiger partial charge >= 0.3 is 0 Å². The molecule has 0 atom stereocenters. The number of carbonyl (C=O) groups excluding carboxylic acids is 2. The third-order valence-corrected chi connectivity index (χ3v) is 2.67. The normalized spacial score (nSPS) is 10.4. The van der Waals surface area contributed by atoms with Gasteiger partial charge in [0.05, 0.1) is 0 Å². The molecule has 0 N–H and O–H groups in total. The van der Waals surface area contributed by atoms with Gasteiger partial charge in [0.15, 0.2) is 5.78 Å². The Morgan fingerprint density at radius 1 is 1.12 bits per heavy atom. The Morgan fingerprint density at radius 2 is 1.88 bits per heavy atom. The second kappa shape index (κ2) is 4.87. The summed E-state index contributed by atoms with van der Waals surface area (Å²) in [6.45, 7) is 1.49. The molecule has 3 heteroatoms. The van der Waals surface area contributed by atoms with E-state index in [0.29, 0.717) is 12.0 Å². The lowest BCUT2D eigenvalue weighted by atomic mass is 10.0. The molecule has 3 nitrogen and oxygen atoms in total. The largest absolute Gasteiger partial charge is 0.300 e. The highest BCUT2D eigenvalue weighted by Crippen LogP contribution is 2.18. The molecule has 0 spiro atoms. The number of Topliss-reactive ketones (excluding diaryl/α,β-unsaturated/α-hetero) is 2. The van der Waals surface area contributed by atoms with Crippen molar-refractivity contribution in [2.45, 2.75) is 19.8 Å². The summed E-state index contributed by atoms with van der Waals surface area (Å²) in [4.78, 5) is 26.9. The van der Waals surface area contributed by atoms with Gasteiger partial charge in [-0.05, 0) is 12.3 Å². The Labute approximate surface area is 99.5 Å². The van der Waals surface area contributed by atoms with E-state index in [-0.39, 0.29) is 18.0 Å². The summed E-state index contributed by atoms with van der Waals surface area (Å²) < 4.78 is 0. The summed E-state index contributed by atoms with van der Waals surface area (Å²) in [6, 6.07) is 7.63. The number of pyridine rings is 1. The van der Waals surface area contributed by atoms with Crippen LogP contribution < -0.4 is 0 Å². The monoisotopic (exact) mass is 227 g/mol. The van der Waals surface area contributed by atoms with E-state index in [2.05, 4.69) is 4.98 Å². The Balaban J connectivity index is 2.35. The Hall–Kier alpha value is -2.03. The fourth-order valence-electron chi connectivity index (χ4n) is 1.76. The fourth-order valence-corrected chi connectivity index (χ4v) is 1.76. The van der Waals surface area contributed by atoms with E-state index in [4.69, 9.17) is 0 Å². The second-order valence-corrected chi connectivity index (χ2v) is 4.03. The molecule has 2 rings (SSSR count). The molecule has 0 unspecified atom stereocenters. The third kappa shape index (κ3) is 2.56. The molecule has 0 bridgehead atoms. The molecule has 1 heterocycles. The molecule has 2 aromatic rings. The van der Waals surface area contributed by atoms with E-state index in [9.17, 15) is 9.59 Å². The van der Waals surface area contributed by atoms with Gasteiger partial charge in [-0.25, -0.2) is 0 Å². The van der Waals surface area contributed by atoms with Crippen LogP contribution >= 0.6 is 0 Å². The van der Waals surface area contributed by atoms with Crippen LogP contribution in [0.3, 0.4) is 0 Å². The van der Waals surface area contributed by atoms with Gasteiger partial charge < -0.3 is 4.79 Å². The van der Waals surface area contributed by atoms with Gasteiger partial charge in [-0.2, -0.15) is 0 Å². The highest BCUT2D eigenvalue weighted by molar-refractivity contribution is 6.08. The molecule has 0 aliphatic carbocycles. The lowest BCUT2D eigenvalue weighted by Crippen LogP contribution is -2.03. The fraction of sp³-hybridized carbons (Fsp3) is 0.214. The molecule has 17 heavy (non-hydrogen) atoms. The van der Waals surface area contributed by atoms with Crippen LogP contribution in [0.4, 0.5) is 0 Å². The van der Waals surface area contributed by atoms with Crippen LogP contribution in [0.25, 0.3) is 10.8 Å². The van der Waals surface area contributed by atoms with Gasteiger partial charge in [-0.1, -0.05) is 24.3 Å². The standard InChI is InChI=1S/C14H13NO2/c1-10(16)6-7-14(17)13-9-15-8-11-4-2-3-5-12(11)13/h2-5,8-9H,6-7H2,1H3. The first-order chi connectivity index (χ1) is 8.18. The zero-order valence-corrected chi connectivity index (χ0v) is 9.64. The molecule has 0 aliphatic rings. The van der Waals surface area contributed by atoms with E-state index in [1.54, 1.807) is 12.4 Å². The van der Waals surface area contributed by atoms with Crippen molar-refractivity contribution in [2.24, 2.45) is 0 Å². The number of ketones is 2. The first-order valence-corrected chi connectivity index (χ1v) is 5.54. The smallest absolute Gasteiger partial charge is 0.165 e. The van der Waals surface area contributed by atoms with Crippen LogP contribution in [0.15, 0.2) is 36.7 Å². The molecule has 86 valence electrons. The summed E-state index contributed by atoms with van der Waals surface area (Å²) in [7, 11) is 0. The highest BCUT2D eigenvalue weighted by atomic mass is 16.1. The molecule has 0 saturated heterocycles. The lowest BCUT2D eigenvalue weighted by Gasteiger charge is -2.04. The lowest BCUT2D eigenvalue weighted by molar-refractivity contribution is -0.116. The summed E-state index contributed by atoms with van der Waals surface area (Å²) in [5.41, 5.74) is 0.601. The third-order valence-electron chi connectivity index (χ3n) is 2.67. The van der Waals surface area contributed by atoms with E-state index < -0.39 is 0 Å². The maximum absolute atomic E-state index is 12.0. The second-order valence-electron chi connectivity index (χ2n) is 4.03. The number of benzene rings is 1. The molecule has 0 amide bonds. The van der Waals surface area contributed by atoms with Crippen molar-refractivity contribution in [3.63, 3.8) is 0 Å². The molecule has 0 aliphatic heterocycles. The average molecular weight is 227 g/mol. The van der Waals surface area contributed by atoms with Crippen molar-refractivity contribution in [1.29, 1.82) is 0 Å². The van der Waals surface area contributed by atoms with Gasteiger partial charge in [-0.3, -0.25) is 9.78 Å². The number of aromatic nitrogens is 1. The average Bonchev–Trinajstić information content (AvgIpc) is 2.35. The minimum absolute atomic E-state index is 0.0236. The van der Waals surface area contributed by atoms with Gasteiger partial charge in [-0.15, -0.1) is 0 Å². The molecule has 0 radical (unpaired) electrons. The minimum Gasteiger partial charge on any atom is -0.300 e. The van der Waals surface area contributed by atoms with E-state index in [1.807, 2.05) is 24.3 Å². The van der Waals surface area contributed by atoms with Crippen molar-refractivity contribution < 1.29 is 9.59 Å². The molecule has 0 fully saturated rings. The summed E-state index contributed by atoms with van der Waals surface area (Å²) in [6.07, 6.45) is 3.86. The van der Waals surface area contributed by atoms with Gasteiger partial charge in [0.25, 0.3) is 0 Å². The number of fused-ring (bicyclic) bond motifs is 1. The maximum atomic E-state index is 12.0. The molecule has 0 saturated carbocycles. The van der Waals surface area contributed by atoms with Gasteiger partial charge in [0.1, 0.15) is 5.78 Å². The SMILES string of the molecule is CC(=O)CCC(=O)c1cncc2ccccc12. The Bertz CT molecular complexity index is 570. The van der Waals surface area contributed by atoms with Crippen molar-refractivity contribution in [2.75, 3.05) is 0 Å². The number of nitrogens with zero attached hydrogens (tertiary/aromatic N) is 1. The van der Waals surface area contributed by atoms with Crippen molar-refractivity contribution in [1.82, 2.24) is 4.98 Å². The predicted octanol–water partition coefficient (Wildman–Crippen LogP) is 2.79. The zero-order valence-electron chi connectivity index (χ0n) is 9.64. The van der Waals surface area contributed by atoms with Crippen molar-refractivity contribution in [3.8, 4) is 0 Å². The highest BCUT2D eigenvalue weighted by Gasteiger charge is 2.10. The van der Waals surface area contributed by atoms with Crippen molar-refractivity contribution >= 4 is 22.3 Å². The van der Waals surface area contributed by atoms with E-state index in [0.717, 1.165) is 10.8 Å². The van der Waals surface area contributed by atoms with Crippen LogP contribution in [0.5, 0.6) is 0 Å². The van der Waals surface area contributed by atoms with Gasteiger partial charge in [0, 0.05) is 36.2 Å². The van der Waals surface area contributed by atoms with Crippen LogP contribution in [0.1, 0.15) is 30.1 Å². The van der Waals surface area contributed by atoms with Crippen LogP contribution in [0.2, 0.25) is 0 Å². The van der Waals surface area contributed by atoms with Gasteiger partial charge in [0.2, 0.25) is 0 Å².